The van der Waals surface area contributed by atoms with E-state index in [1.54, 1.807) is 18.3 Å². The van der Waals surface area contributed by atoms with E-state index in [1.807, 2.05) is 44.2 Å². The van der Waals surface area contributed by atoms with E-state index in [0.29, 0.717) is 16.9 Å². The number of rotatable bonds is 8. The van der Waals surface area contributed by atoms with Crippen molar-refractivity contribution in [2.75, 3.05) is 10.0 Å². The monoisotopic (exact) mass is 607 g/mol. The number of hydrazone groups is 1. The normalized spacial score (nSPS) is 11.4. The fourth-order valence-electron chi connectivity index (χ4n) is 3.96. The highest BCUT2D eigenvalue weighted by molar-refractivity contribution is 9.10. The van der Waals surface area contributed by atoms with Gasteiger partial charge in [0.05, 0.1) is 11.1 Å². The Morgan fingerprint density at radius 1 is 0.897 bits per heavy atom. The Morgan fingerprint density at radius 3 is 2.13 bits per heavy atom. The van der Waals surface area contributed by atoms with Crippen molar-refractivity contribution in [3.05, 3.63) is 106 Å². The summed E-state index contributed by atoms with van der Waals surface area (Å²) in [7, 11) is -3.75. The van der Waals surface area contributed by atoms with Crippen molar-refractivity contribution >= 4 is 55.4 Å². The van der Waals surface area contributed by atoms with Crippen LogP contribution in [-0.4, -0.2) is 31.0 Å². The zero-order valence-corrected chi connectivity index (χ0v) is 23.8. The Hall–Kier alpha value is -4.22. The van der Waals surface area contributed by atoms with E-state index in [4.69, 9.17) is 0 Å². The van der Waals surface area contributed by atoms with Crippen LogP contribution in [0.1, 0.15) is 34.2 Å². The Bertz CT molecular complexity index is 1640. The van der Waals surface area contributed by atoms with Crippen molar-refractivity contribution in [2.45, 2.75) is 25.7 Å². The minimum absolute atomic E-state index is 0.128. The molecule has 0 saturated carbocycles. The van der Waals surface area contributed by atoms with Crippen molar-refractivity contribution < 1.29 is 18.0 Å². The molecule has 39 heavy (non-hydrogen) atoms. The molecule has 0 aliphatic heterocycles. The van der Waals surface area contributed by atoms with E-state index in [0.717, 1.165) is 27.1 Å². The first-order chi connectivity index (χ1) is 18.5. The van der Waals surface area contributed by atoms with Gasteiger partial charge in [0.15, 0.2) is 0 Å². The van der Waals surface area contributed by atoms with Gasteiger partial charge in [-0.3, -0.25) is 14.3 Å². The second-order valence-corrected chi connectivity index (χ2v) is 11.3. The SMILES string of the molecule is CC(=O)Nc1ccc(-n2c(C)cc(/C=N\NC(=O)c3ccc(NS(=O)(=O)c4ccc(Br)cc4)cc3)c2C)cc1. The molecule has 3 N–H and O–H groups in total. The van der Waals surface area contributed by atoms with Crippen LogP contribution in [0, 0.1) is 13.8 Å². The molecule has 0 fully saturated rings. The zero-order chi connectivity index (χ0) is 28.2. The molecule has 0 radical (unpaired) electrons. The quantitative estimate of drug-likeness (QED) is 0.184. The molecule has 0 saturated heterocycles. The van der Waals surface area contributed by atoms with E-state index in [2.05, 4.69) is 41.1 Å². The van der Waals surface area contributed by atoms with Crippen molar-refractivity contribution in [1.82, 2.24) is 9.99 Å². The number of amides is 2. The lowest BCUT2D eigenvalue weighted by Gasteiger charge is -2.11. The van der Waals surface area contributed by atoms with E-state index in [9.17, 15) is 18.0 Å². The number of aromatic nitrogens is 1. The topological polar surface area (TPSA) is 122 Å². The number of benzene rings is 3. The molecule has 11 heteroatoms. The van der Waals surface area contributed by atoms with Crippen LogP contribution in [0.2, 0.25) is 0 Å². The van der Waals surface area contributed by atoms with Crippen LogP contribution in [0.15, 0.2) is 93.3 Å². The Kier molecular flexibility index (Phi) is 8.32. The average Bonchev–Trinajstić information content (AvgIpc) is 3.17. The number of sulfonamides is 1. The smallest absolute Gasteiger partial charge is 0.271 e. The van der Waals surface area contributed by atoms with Crippen LogP contribution in [0.3, 0.4) is 0 Å². The third-order valence-electron chi connectivity index (χ3n) is 5.81. The number of anilines is 2. The van der Waals surface area contributed by atoms with Gasteiger partial charge in [-0.2, -0.15) is 5.10 Å². The summed E-state index contributed by atoms with van der Waals surface area (Å²) in [5.74, 6) is -0.565. The molecule has 0 aliphatic rings. The molecule has 1 heterocycles. The van der Waals surface area contributed by atoms with Gasteiger partial charge in [0, 0.05) is 51.0 Å². The average molecular weight is 609 g/mol. The number of hydrogen-bond donors (Lipinski definition) is 3. The number of carbonyl (C=O) groups is 2. The zero-order valence-electron chi connectivity index (χ0n) is 21.4. The molecule has 0 atom stereocenters. The van der Waals surface area contributed by atoms with Gasteiger partial charge >= 0.3 is 0 Å². The Balaban J connectivity index is 1.40. The molecule has 9 nitrogen and oxygen atoms in total. The summed E-state index contributed by atoms with van der Waals surface area (Å²) >= 11 is 3.28. The summed E-state index contributed by atoms with van der Waals surface area (Å²) in [6.45, 7) is 5.38. The summed E-state index contributed by atoms with van der Waals surface area (Å²) in [5, 5.41) is 6.85. The number of hydrogen-bond acceptors (Lipinski definition) is 5. The molecule has 4 rings (SSSR count). The highest BCUT2D eigenvalue weighted by Crippen LogP contribution is 2.22. The van der Waals surface area contributed by atoms with E-state index in [1.165, 1.54) is 43.3 Å². The molecule has 2 amide bonds. The van der Waals surface area contributed by atoms with Gasteiger partial charge in [-0.25, -0.2) is 13.8 Å². The third kappa shape index (κ3) is 6.81. The Labute approximate surface area is 235 Å². The molecule has 4 aromatic rings. The van der Waals surface area contributed by atoms with Crippen LogP contribution in [0.5, 0.6) is 0 Å². The third-order valence-corrected chi connectivity index (χ3v) is 7.73. The summed E-state index contributed by atoms with van der Waals surface area (Å²) < 4.78 is 30.4. The van der Waals surface area contributed by atoms with Gasteiger partial charge in [-0.15, -0.1) is 0 Å². The standard InChI is InChI=1S/C28H26BrN5O4S/c1-18-16-22(19(2)34(18)26-12-10-24(11-13-26)31-20(3)35)17-30-32-28(36)21-4-8-25(9-5-21)33-39(37,38)27-14-6-23(29)7-15-27/h4-17,33H,1-3H3,(H,31,35)(H,32,36)/b30-17-. The number of nitrogens with one attached hydrogen (secondary N) is 3. The van der Waals surface area contributed by atoms with Gasteiger partial charge in [0.2, 0.25) is 5.91 Å². The van der Waals surface area contributed by atoms with Crippen LogP contribution in [-0.2, 0) is 14.8 Å². The molecule has 1 aromatic heterocycles. The predicted molar refractivity (Wildman–Crippen MR) is 156 cm³/mol. The van der Waals surface area contributed by atoms with Gasteiger partial charge in [0.25, 0.3) is 15.9 Å². The maximum atomic E-state index is 12.6. The van der Waals surface area contributed by atoms with Gasteiger partial charge < -0.3 is 9.88 Å². The molecular weight excluding hydrogens is 582 g/mol. The molecule has 0 aliphatic carbocycles. The van der Waals surface area contributed by atoms with Crippen molar-refractivity contribution in [1.29, 1.82) is 0 Å². The largest absolute Gasteiger partial charge is 0.326 e. The molecule has 0 unspecified atom stereocenters. The van der Waals surface area contributed by atoms with Gasteiger partial charge in [-0.1, -0.05) is 15.9 Å². The van der Waals surface area contributed by atoms with Crippen LogP contribution >= 0.6 is 15.9 Å². The summed E-state index contributed by atoms with van der Waals surface area (Å²) in [4.78, 5) is 24.0. The number of nitrogens with zero attached hydrogens (tertiary/aromatic N) is 2. The lowest BCUT2D eigenvalue weighted by Crippen LogP contribution is -2.18. The van der Waals surface area contributed by atoms with E-state index >= 15 is 0 Å². The maximum absolute atomic E-state index is 12.6. The molecule has 3 aromatic carbocycles. The van der Waals surface area contributed by atoms with Crippen LogP contribution in [0.25, 0.3) is 5.69 Å². The van der Waals surface area contributed by atoms with Crippen LogP contribution in [0.4, 0.5) is 11.4 Å². The predicted octanol–water partition coefficient (Wildman–Crippen LogP) is 5.38. The van der Waals surface area contributed by atoms with Crippen molar-refractivity contribution in [3.8, 4) is 5.69 Å². The van der Waals surface area contributed by atoms with Crippen molar-refractivity contribution in [3.63, 3.8) is 0 Å². The minimum atomic E-state index is -3.75. The van der Waals surface area contributed by atoms with Crippen molar-refractivity contribution in [2.24, 2.45) is 5.10 Å². The van der Waals surface area contributed by atoms with Crippen LogP contribution < -0.4 is 15.5 Å². The van der Waals surface area contributed by atoms with Gasteiger partial charge in [-0.05, 0) is 92.7 Å². The summed E-state index contributed by atoms with van der Waals surface area (Å²) in [6, 6.07) is 21.8. The highest BCUT2D eigenvalue weighted by atomic mass is 79.9. The first kappa shape index (κ1) is 27.8. The molecule has 0 spiro atoms. The van der Waals surface area contributed by atoms with Gasteiger partial charge in [0.1, 0.15) is 0 Å². The first-order valence-corrected chi connectivity index (χ1v) is 14.1. The summed E-state index contributed by atoms with van der Waals surface area (Å²) in [5.41, 5.74) is 7.54. The highest BCUT2D eigenvalue weighted by Gasteiger charge is 2.15. The number of halogens is 1. The molecule has 200 valence electrons. The second-order valence-electron chi connectivity index (χ2n) is 8.73. The lowest BCUT2D eigenvalue weighted by molar-refractivity contribution is -0.114. The van der Waals surface area contributed by atoms with E-state index in [-0.39, 0.29) is 10.8 Å². The summed E-state index contributed by atoms with van der Waals surface area (Å²) in [6.07, 6.45) is 1.57. The number of aryl methyl sites for hydroxylation is 1. The molecular formula is C28H26BrN5O4S. The fraction of sp³-hybridized carbons (Fsp3) is 0.107. The second kappa shape index (κ2) is 11.7. The minimum Gasteiger partial charge on any atom is -0.326 e. The van der Waals surface area contributed by atoms with E-state index < -0.39 is 15.9 Å². The number of carbonyl (C=O) groups excluding carboxylic acids is 2. The fourth-order valence-corrected chi connectivity index (χ4v) is 5.28. The Morgan fingerprint density at radius 2 is 1.51 bits per heavy atom. The first-order valence-electron chi connectivity index (χ1n) is 11.8. The lowest BCUT2D eigenvalue weighted by atomic mass is 10.2. The maximum Gasteiger partial charge on any atom is 0.271 e. The molecule has 0 bridgehead atoms.